The van der Waals surface area contributed by atoms with Crippen molar-refractivity contribution in [1.82, 2.24) is 9.13 Å². The molecular formula is C44H26N4. The van der Waals surface area contributed by atoms with Gasteiger partial charge in [-0.25, -0.2) is 0 Å². The third kappa shape index (κ3) is 4.16. The molecule has 0 fully saturated rings. The molecular weight excluding hydrogens is 585 g/mol. The molecule has 8 aromatic rings. The van der Waals surface area contributed by atoms with Gasteiger partial charge in [0.1, 0.15) is 0 Å². The van der Waals surface area contributed by atoms with E-state index in [1.807, 2.05) is 30.3 Å². The van der Waals surface area contributed by atoms with Gasteiger partial charge in [-0.1, -0.05) is 97.1 Å². The molecule has 1 unspecified atom stereocenters. The van der Waals surface area contributed by atoms with Crippen molar-refractivity contribution in [3.05, 3.63) is 168 Å². The zero-order valence-corrected chi connectivity index (χ0v) is 25.9. The summed E-state index contributed by atoms with van der Waals surface area (Å²) in [7, 11) is 0. The summed E-state index contributed by atoms with van der Waals surface area (Å²) >= 11 is 0. The Bertz CT molecular complexity index is 2670. The highest BCUT2D eigenvalue weighted by Crippen LogP contribution is 2.40. The van der Waals surface area contributed by atoms with Gasteiger partial charge in [0.2, 0.25) is 0 Å². The fourth-order valence-corrected chi connectivity index (χ4v) is 7.46. The quantitative estimate of drug-likeness (QED) is 0.199. The van der Waals surface area contributed by atoms with Crippen LogP contribution < -0.4 is 0 Å². The predicted octanol–water partition coefficient (Wildman–Crippen LogP) is 10.5. The van der Waals surface area contributed by atoms with Gasteiger partial charge in [0.25, 0.3) is 0 Å². The van der Waals surface area contributed by atoms with Crippen LogP contribution in [0.25, 0.3) is 66.1 Å². The Labute approximate surface area is 277 Å². The van der Waals surface area contributed by atoms with Crippen LogP contribution in [0.4, 0.5) is 0 Å². The number of para-hydroxylation sites is 2. The van der Waals surface area contributed by atoms with E-state index in [2.05, 4.69) is 143 Å². The van der Waals surface area contributed by atoms with Gasteiger partial charge in [0, 0.05) is 33.3 Å². The van der Waals surface area contributed by atoms with Crippen LogP contribution in [0, 0.1) is 34.8 Å². The number of benzene rings is 5. The molecule has 1 aliphatic carbocycles. The Kier molecular flexibility index (Phi) is 6.26. The van der Waals surface area contributed by atoms with E-state index < -0.39 is 0 Å². The van der Waals surface area contributed by atoms with Crippen LogP contribution in [0.5, 0.6) is 0 Å². The van der Waals surface area contributed by atoms with Crippen LogP contribution in [0.2, 0.25) is 0 Å². The highest BCUT2D eigenvalue weighted by atomic mass is 15.0. The number of nitriles is 2. The SMILES string of the molecule is N#Cc1ccc(-c2ccc(C3C=CC=C(n4c5ccc#cc5c5c(C#N)cccc54)C3)cc2)c(-n2c3ccccc3c3ccccc32)c1. The lowest BCUT2D eigenvalue weighted by Gasteiger charge is -2.22. The summed E-state index contributed by atoms with van der Waals surface area (Å²) < 4.78 is 4.56. The number of fused-ring (bicyclic) bond motifs is 6. The molecule has 2 aromatic heterocycles. The molecule has 4 nitrogen and oxygen atoms in total. The molecule has 222 valence electrons. The molecule has 0 spiro atoms. The number of rotatable bonds is 4. The van der Waals surface area contributed by atoms with Crippen molar-refractivity contribution in [3.63, 3.8) is 0 Å². The summed E-state index contributed by atoms with van der Waals surface area (Å²) in [5.74, 6) is 0.183. The Hall–Kier alpha value is -6.80. The summed E-state index contributed by atoms with van der Waals surface area (Å²) in [5.41, 5.74) is 11.1. The molecule has 0 N–H and O–H groups in total. The van der Waals surface area contributed by atoms with Gasteiger partial charge >= 0.3 is 0 Å². The van der Waals surface area contributed by atoms with E-state index in [0.29, 0.717) is 11.1 Å². The van der Waals surface area contributed by atoms with E-state index in [1.54, 1.807) is 0 Å². The van der Waals surface area contributed by atoms with Crippen molar-refractivity contribution < 1.29 is 0 Å². The van der Waals surface area contributed by atoms with E-state index >= 15 is 0 Å². The summed E-state index contributed by atoms with van der Waals surface area (Å²) in [5, 5.41) is 24.0. The fourth-order valence-electron chi connectivity index (χ4n) is 7.46. The van der Waals surface area contributed by atoms with Crippen molar-refractivity contribution in [3.8, 4) is 29.0 Å². The molecule has 9 rings (SSSR count). The molecule has 0 bridgehead atoms. The average Bonchev–Trinajstić information content (AvgIpc) is 3.68. The van der Waals surface area contributed by atoms with Crippen molar-refractivity contribution in [2.75, 3.05) is 0 Å². The maximum atomic E-state index is 9.88. The van der Waals surface area contributed by atoms with Gasteiger partial charge < -0.3 is 9.13 Å². The molecule has 6 aromatic carbocycles. The van der Waals surface area contributed by atoms with E-state index in [4.69, 9.17) is 0 Å². The molecule has 2 heterocycles. The Morgan fingerprint density at radius 2 is 1.44 bits per heavy atom. The molecule has 0 radical (unpaired) electrons. The lowest BCUT2D eigenvalue weighted by atomic mass is 9.89. The molecule has 0 saturated heterocycles. The normalized spacial score (nSPS) is 14.2. The number of hydrogen-bond acceptors (Lipinski definition) is 2. The number of aromatic nitrogens is 2. The minimum absolute atomic E-state index is 0.183. The zero-order valence-electron chi connectivity index (χ0n) is 25.9. The van der Waals surface area contributed by atoms with Crippen LogP contribution in [0.1, 0.15) is 29.0 Å². The molecule has 1 atom stereocenters. The van der Waals surface area contributed by atoms with Crippen LogP contribution in [-0.2, 0) is 0 Å². The highest BCUT2D eigenvalue weighted by Gasteiger charge is 2.21. The standard InChI is InChI=1S/C44H26N4/c45-27-29-19-24-35(43(25-29)48-39-15-4-1-12-36(39)37-13-2-5-16-40(37)48)31-22-20-30(21-23-31)32-9-7-11-34(26-32)47-41-17-6-3-14-38(41)44-33(28-46)10-8-18-42(44)47/h1-2,4-13,15-25,32H,26H2. The molecule has 0 saturated carbocycles. The predicted molar refractivity (Wildman–Crippen MR) is 194 cm³/mol. The van der Waals surface area contributed by atoms with Crippen LogP contribution >= 0.6 is 0 Å². The Morgan fingerprint density at radius 3 is 2.19 bits per heavy atom. The second-order valence-electron chi connectivity index (χ2n) is 12.2. The second kappa shape index (κ2) is 10.9. The van der Waals surface area contributed by atoms with Crippen molar-refractivity contribution in [2.24, 2.45) is 0 Å². The van der Waals surface area contributed by atoms with E-state index in [0.717, 1.165) is 56.1 Å². The highest BCUT2D eigenvalue weighted by molar-refractivity contribution is 6.12. The first-order chi connectivity index (χ1) is 23.7. The van der Waals surface area contributed by atoms with E-state index in [1.165, 1.54) is 22.0 Å². The topological polar surface area (TPSA) is 57.4 Å². The molecule has 4 heteroatoms. The third-order valence-electron chi connectivity index (χ3n) is 9.62. The number of allylic oxidation sites excluding steroid dienone is 4. The van der Waals surface area contributed by atoms with Gasteiger partial charge in [0.05, 0.1) is 56.4 Å². The average molecular weight is 611 g/mol. The lowest BCUT2D eigenvalue weighted by Crippen LogP contribution is -2.06. The maximum absolute atomic E-state index is 9.88. The summed E-state index contributed by atoms with van der Waals surface area (Å²) in [6, 6.07) is 52.7. The molecule has 48 heavy (non-hydrogen) atoms. The summed E-state index contributed by atoms with van der Waals surface area (Å²) in [4.78, 5) is 0. The zero-order chi connectivity index (χ0) is 32.2. The van der Waals surface area contributed by atoms with Crippen LogP contribution in [0.3, 0.4) is 0 Å². The second-order valence-corrected chi connectivity index (χ2v) is 12.2. The number of hydrogen-bond donors (Lipinski definition) is 0. The Morgan fingerprint density at radius 1 is 0.688 bits per heavy atom. The van der Waals surface area contributed by atoms with Gasteiger partial charge in [-0.05, 0) is 72.2 Å². The smallest absolute Gasteiger partial charge is 0.0999 e. The minimum atomic E-state index is 0.183. The lowest BCUT2D eigenvalue weighted by molar-refractivity contribution is 0.837. The van der Waals surface area contributed by atoms with Gasteiger partial charge in [-0.15, -0.1) is 0 Å². The van der Waals surface area contributed by atoms with Gasteiger partial charge in [-0.2, -0.15) is 10.5 Å². The van der Waals surface area contributed by atoms with E-state index in [-0.39, 0.29) is 5.92 Å². The van der Waals surface area contributed by atoms with Crippen molar-refractivity contribution >= 4 is 49.3 Å². The summed E-state index contributed by atoms with van der Waals surface area (Å²) in [6.45, 7) is 0. The van der Waals surface area contributed by atoms with Crippen LogP contribution in [0.15, 0.2) is 140 Å². The first kappa shape index (κ1) is 27.5. The molecule has 1 aliphatic rings. The minimum Gasteiger partial charge on any atom is -0.312 e. The first-order valence-corrected chi connectivity index (χ1v) is 16.0. The van der Waals surface area contributed by atoms with Gasteiger partial charge in [-0.3, -0.25) is 0 Å². The molecule has 0 amide bonds. The van der Waals surface area contributed by atoms with Crippen LogP contribution in [-0.4, -0.2) is 9.13 Å². The van der Waals surface area contributed by atoms with E-state index in [9.17, 15) is 10.5 Å². The fraction of sp³-hybridized carbons (Fsp3) is 0.0455. The number of nitrogens with zero attached hydrogens (tertiary/aromatic N) is 4. The summed E-state index contributed by atoms with van der Waals surface area (Å²) in [6.07, 6.45) is 7.39. The molecule has 0 aliphatic heterocycles. The largest absolute Gasteiger partial charge is 0.312 e. The Balaban J connectivity index is 1.11. The maximum Gasteiger partial charge on any atom is 0.0999 e. The van der Waals surface area contributed by atoms with Gasteiger partial charge in [0.15, 0.2) is 0 Å². The monoisotopic (exact) mass is 610 g/mol. The van der Waals surface area contributed by atoms with Crippen molar-refractivity contribution in [1.29, 1.82) is 10.5 Å². The first-order valence-electron chi connectivity index (χ1n) is 16.0. The third-order valence-corrected chi connectivity index (χ3v) is 9.62. The van der Waals surface area contributed by atoms with Crippen molar-refractivity contribution in [2.45, 2.75) is 12.3 Å².